The minimum Gasteiger partial charge on any atom is -0.489 e. The van der Waals surface area contributed by atoms with Gasteiger partial charge < -0.3 is 10.1 Å². The molecule has 110 valence electrons. The fourth-order valence-corrected chi connectivity index (χ4v) is 2.51. The summed E-state index contributed by atoms with van der Waals surface area (Å²) in [6.07, 6.45) is 2.56. The second-order valence-corrected chi connectivity index (χ2v) is 6.13. The first kappa shape index (κ1) is 14.7. The first-order chi connectivity index (χ1) is 10.2. The lowest BCUT2D eigenvalue weighted by Gasteiger charge is -2.13. The third-order valence-corrected chi connectivity index (χ3v) is 4.13. The average Bonchev–Trinajstić information content (AvgIpc) is 3.31. The number of ether oxygens (including phenoxy) is 1. The van der Waals surface area contributed by atoms with Crippen molar-refractivity contribution in [3.05, 3.63) is 63.6 Å². The normalized spacial score (nSPS) is 14.2. The Balaban J connectivity index is 1.67. The van der Waals surface area contributed by atoms with Gasteiger partial charge in [-0.1, -0.05) is 41.4 Å². The van der Waals surface area contributed by atoms with Gasteiger partial charge in [0, 0.05) is 33.8 Å². The molecule has 0 heterocycles. The summed E-state index contributed by atoms with van der Waals surface area (Å²) < 4.78 is 5.93. The topological polar surface area (TPSA) is 21.3 Å². The Morgan fingerprint density at radius 3 is 2.67 bits per heavy atom. The molecule has 0 spiro atoms. The molecule has 0 amide bonds. The van der Waals surface area contributed by atoms with Crippen molar-refractivity contribution in [1.29, 1.82) is 0 Å². The molecule has 1 saturated carbocycles. The van der Waals surface area contributed by atoms with Gasteiger partial charge in [0.2, 0.25) is 0 Å². The van der Waals surface area contributed by atoms with Crippen LogP contribution >= 0.6 is 23.2 Å². The summed E-state index contributed by atoms with van der Waals surface area (Å²) in [5, 5.41) is 4.85. The number of halogens is 2. The van der Waals surface area contributed by atoms with Crippen LogP contribution in [0, 0.1) is 0 Å². The van der Waals surface area contributed by atoms with Gasteiger partial charge >= 0.3 is 0 Å². The molecule has 0 radical (unpaired) electrons. The molecule has 2 nitrogen and oxygen atoms in total. The molecule has 1 N–H and O–H groups in total. The number of nitrogens with one attached hydrogen (secondary N) is 1. The monoisotopic (exact) mass is 321 g/mol. The first-order valence-electron chi connectivity index (χ1n) is 7.10. The number of hydrogen-bond donors (Lipinski definition) is 1. The van der Waals surface area contributed by atoms with Gasteiger partial charge in [0.15, 0.2) is 0 Å². The second-order valence-electron chi connectivity index (χ2n) is 5.29. The van der Waals surface area contributed by atoms with Crippen LogP contribution in [-0.2, 0) is 13.2 Å². The number of para-hydroxylation sites is 1. The van der Waals surface area contributed by atoms with Crippen LogP contribution in [-0.4, -0.2) is 6.04 Å². The highest BCUT2D eigenvalue weighted by Crippen LogP contribution is 2.25. The maximum absolute atomic E-state index is 6.16. The molecule has 0 unspecified atom stereocenters. The van der Waals surface area contributed by atoms with Gasteiger partial charge in [-0.05, 0) is 37.1 Å². The fourth-order valence-electron chi connectivity index (χ4n) is 2.14. The molecule has 3 rings (SSSR count). The van der Waals surface area contributed by atoms with Gasteiger partial charge in [-0.15, -0.1) is 0 Å². The van der Waals surface area contributed by atoms with Gasteiger partial charge in [-0.3, -0.25) is 0 Å². The average molecular weight is 322 g/mol. The minimum absolute atomic E-state index is 0.417. The molecule has 0 aromatic heterocycles. The van der Waals surface area contributed by atoms with E-state index in [1.165, 1.54) is 18.4 Å². The summed E-state index contributed by atoms with van der Waals surface area (Å²) in [5.74, 6) is 0.890. The third kappa shape index (κ3) is 4.13. The highest BCUT2D eigenvalue weighted by Gasteiger charge is 2.20. The van der Waals surface area contributed by atoms with Gasteiger partial charge in [0.1, 0.15) is 12.4 Å². The van der Waals surface area contributed by atoms with Crippen LogP contribution in [0.5, 0.6) is 5.75 Å². The van der Waals surface area contributed by atoms with Crippen LogP contribution in [0.15, 0.2) is 42.5 Å². The van der Waals surface area contributed by atoms with Gasteiger partial charge in [-0.2, -0.15) is 0 Å². The van der Waals surface area contributed by atoms with Crippen molar-refractivity contribution >= 4 is 23.2 Å². The highest BCUT2D eigenvalue weighted by atomic mass is 35.5. The summed E-state index contributed by atoms with van der Waals surface area (Å²) in [7, 11) is 0. The molecule has 21 heavy (non-hydrogen) atoms. The Labute approximate surface area is 135 Å². The zero-order chi connectivity index (χ0) is 14.7. The Morgan fingerprint density at radius 1 is 1.05 bits per heavy atom. The van der Waals surface area contributed by atoms with Gasteiger partial charge in [-0.25, -0.2) is 0 Å². The Hall–Kier alpha value is -1.22. The second kappa shape index (κ2) is 6.69. The van der Waals surface area contributed by atoms with E-state index in [1.54, 1.807) is 12.1 Å². The van der Waals surface area contributed by atoms with Crippen molar-refractivity contribution in [1.82, 2.24) is 5.32 Å². The Morgan fingerprint density at radius 2 is 1.86 bits per heavy atom. The molecular weight excluding hydrogens is 305 g/mol. The molecule has 2 aromatic rings. The Kier molecular flexibility index (Phi) is 4.69. The van der Waals surface area contributed by atoms with E-state index in [-0.39, 0.29) is 0 Å². The van der Waals surface area contributed by atoms with Crippen LogP contribution in [0.1, 0.15) is 24.0 Å². The molecule has 1 aliphatic carbocycles. The summed E-state index contributed by atoms with van der Waals surface area (Å²) in [6.45, 7) is 1.25. The maximum atomic E-state index is 6.16. The first-order valence-corrected chi connectivity index (χ1v) is 7.86. The Bertz CT molecular complexity index is 626. The minimum atomic E-state index is 0.417. The molecule has 2 aromatic carbocycles. The van der Waals surface area contributed by atoms with Crippen molar-refractivity contribution in [2.45, 2.75) is 32.0 Å². The number of rotatable bonds is 6. The largest absolute Gasteiger partial charge is 0.489 e. The van der Waals surface area contributed by atoms with E-state index in [1.807, 2.05) is 24.3 Å². The van der Waals surface area contributed by atoms with Crippen molar-refractivity contribution in [2.24, 2.45) is 0 Å². The van der Waals surface area contributed by atoms with E-state index in [9.17, 15) is 0 Å². The van der Waals surface area contributed by atoms with E-state index in [4.69, 9.17) is 27.9 Å². The van der Waals surface area contributed by atoms with Gasteiger partial charge in [0.25, 0.3) is 0 Å². The summed E-state index contributed by atoms with van der Waals surface area (Å²) in [6, 6.07) is 14.2. The SMILES string of the molecule is Clc1ccc(Cl)c(COc2ccccc2CNC2CC2)c1. The molecule has 0 aliphatic heterocycles. The summed E-state index contributed by atoms with van der Waals surface area (Å²) in [5.41, 5.74) is 2.07. The predicted octanol–water partition coefficient (Wildman–Crippen LogP) is 4.82. The molecular formula is C17H17Cl2NO. The van der Waals surface area contributed by atoms with E-state index in [2.05, 4.69) is 11.4 Å². The zero-order valence-corrected chi connectivity index (χ0v) is 13.1. The van der Waals surface area contributed by atoms with Crippen molar-refractivity contribution in [3.8, 4) is 5.75 Å². The zero-order valence-electron chi connectivity index (χ0n) is 11.6. The molecule has 1 fully saturated rings. The highest BCUT2D eigenvalue weighted by molar-refractivity contribution is 6.33. The van der Waals surface area contributed by atoms with E-state index in [0.717, 1.165) is 17.9 Å². The third-order valence-electron chi connectivity index (χ3n) is 3.52. The summed E-state index contributed by atoms with van der Waals surface area (Å²) >= 11 is 12.2. The lowest BCUT2D eigenvalue weighted by molar-refractivity contribution is 0.302. The molecule has 0 saturated heterocycles. The van der Waals surface area contributed by atoms with Crippen LogP contribution in [0.25, 0.3) is 0 Å². The lowest BCUT2D eigenvalue weighted by atomic mass is 10.2. The smallest absolute Gasteiger partial charge is 0.124 e. The van der Waals surface area contributed by atoms with Crippen molar-refractivity contribution < 1.29 is 4.74 Å². The summed E-state index contributed by atoms with van der Waals surface area (Å²) in [4.78, 5) is 0. The molecule has 4 heteroatoms. The lowest BCUT2D eigenvalue weighted by Crippen LogP contribution is -2.16. The van der Waals surface area contributed by atoms with E-state index >= 15 is 0 Å². The molecule has 0 atom stereocenters. The quantitative estimate of drug-likeness (QED) is 0.823. The van der Waals surface area contributed by atoms with Crippen LogP contribution in [0.3, 0.4) is 0 Å². The van der Waals surface area contributed by atoms with E-state index in [0.29, 0.717) is 22.7 Å². The van der Waals surface area contributed by atoms with E-state index < -0.39 is 0 Å². The van der Waals surface area contributed by atoms with Gasteiger partial charge in [0.05, 0.1) is 0 Å². The van der Waals surface area contributed by atoms with Crippen molar-refractivity contribution in [3.63, 3.8) is 0 Å². The van der Waals surface area contributed by atoms with Crippen molar-refractivity contribution in [2.75, 3.05) is 0 Å². The fraction of sp³-hybridized carbons (Fsp3) is 0.294. The van der Waals surface area contributed by atoms with Crippen LogP contribution in [0.4, 0.5) is 0 Å². The van der Waals surface area contributed by atoms with Crippen LogP contribution < -0.4 is 10.1 Å². The standard InChI is InChI=1S/C17H17Cl2NO/c18-14-5-8-16(19)13(9-14)11-21-17-4-2-1-3-12(17)10-20-15-6-7-15/h1-5,8-9,15,20H,6-7,10-11H2. The maximum Gasteiger partial charge on any atom is 0.124 e. The number of benzene rings is 2. The predicted molar refractivity (Wildman–Crippen MR) is 87.1 cm³/mol. The molecule has 0 bridgehead atoms. The number of hydrogen-bond acceptors (Lipinski definition) is 2. The van der Waals surface area contributed by atoms with Crippen LogP contribution in [0.2, 0.25) is 10.0 Å². The molecule has 1 aliphatic rings.